The van der Waals surface area contributed by atoms with Crippen LogP contribution in [-0.2, 0) is 0 Å². The van der Waals surface area contributed by atoms with Gasteiger partial charge in [0.25, 0.3) is 0 Å². The van der Waals surface area contributed by atoms with Crippen molar-refractivity contribution in [1.29, 1.82) is 0 Å². The highest BCUT2D eigenvalue weighted by molar-refractivity contribution is 6.32. The second-order valence-electron chi connectivity index (χ2n) is 3.97. The van der Waals surface area contributed by atoms with Gasteiger partial charge in [0.2, 0.25) is 5.28 Å². The van der Waals surface area contributed by atoms with E-state index in [4.69, 9.17) is 23.2 Å². The Morgan fingerprint density at radius 1 is 1.31 bits per heavy atom. The Morgan fingerprint density at radius 3 is 2.69 bits per heavy atom. The van der Waals surface area contributed by atoms with E-state index in [1.807, 2.05) is 0 Å². The lowest BCUT2D eigenvalue weighted by Crippen LogP contribution is -2.28. The van der Waals surface area contributed by atoms with E-state index in [0.29, 0.717) is 17.0 Å². The van der Waals surface area contributed by atoms with Gasteiger partial charge >= 0.3 is 0 Å². The van der Waals surface area contributed by atoms with Gasteiger partial charge in [-0.25, -0.2) is 0 Å². The first-order valence-corrected chi connectivity index (χ1v) is 6.30. The zero-order valence-corrected chi connectivity index (χ0v) is 10.7. The molecule has 2 rings (SSSR count). The van der Waals surface area contributed by atoms with E-state index in [9.17, 15) is 0 Å². The monoisotopic (exact) mass is 260 g/mol. The summed E-state index contributed by atoms with van der Waals surface area (Å²) in [6.45, 7) is 3.12. The molecule has 1 aliphatic rings. The molecule has 0 amide bonds. The maximum Gasteiger partial charge on any atom is 0.245 e. The van der Waals surface area contributed by atoms with Crippen LogP contribution in [0.2, 0.25) is 10.4 Å². The van der Waals surface area contributed by atoms with Crippen molar-refractivity contribution in [2.45, 2.75) is 38.6 Å². The molecule has 1 heterocycles. The molecule has 0 aromatic carbocycles. The number of rotatable bonds is 5. The van der Waals surface area contributed by atoms with Gasteiger partial charge in [-0.3, -0.25) is 0 Å². The summed E-state index contributed by atoms with van der Waals surface area (Å²) in [5, 5.41) is 7.92. The van der Waals surface area contributed by atoms with Crippen LogP contribution in [0.15, 0.2) is 0 Å². The van der Waals surface area contributed by atoms with Crippen LogP contribution >= 0.6 is 23.2 Å². The molecular weight excluding hydrogens is 247 g/mol. The molecule has 88 valence electrons. The minimum atomic E-state index is 0.154. The molecule has 1 fully saturated rings. The van der Waals surface area contributed by atoms with Crippen molar-refractivity contribution in [3.05, 3.63) is 10.4 Å². The SMILES string of the molecule is CCCCN(c1nc(Cl)nnc1Cl)C1CC1. The molecule has 1 aromatic heterocycles. The van der Waals surface area contributed by atoms with Crippen molar-refractivity contribution < 1.29 is 0 Å². The van der Waals surface area contributed by atoms with Gasteiger partial charge in [-0.1, -0.05) is 24.9 Å². The lowest BCUT2D eigenvalue weighted by Gasteiger charge is -2.23. The van der Waals surface area contributed by atoms with E-state index in [0.717, 1.165) is 19.4 Å². The topological polar surface area (TPSA) is 41.9 Å². The maximum atomic E-state index is 6.01. The molecule has 6 heteroatoms. The van der Waals surface area contributed by atoms with Gasteiger partial charge in [0.1, 0.15) is 0 Å². The zero-order chi connectivity index (χ0) is 11.5. The predicted molar refractivity (Wildman–Crippen MR) is 65.1 cm³/mol. The fraction of sp³-hybridized carbons (Fsp3) is 0.700. The molecule has 1 aromatic rings. The van der Waals surface area contributed by atoms with Crippen LogP contribution < -0.4 is 4.90 Å². The quantitative estimate of drug-likeness (QED) is 0.817. The first-order valence-electron chi connectivity index (χ1n) is 5.54. The molecule has 1 aliphatic carbocycles. The Labute approximate surface area is 105 Å². The van der Waals surface area contributed by atoms with Crippen molar-refractivity contribution in [2.24, 2.45) is 0 Å². The van der Waals surface area contributed by atoms with Crippen LogP contribution in [0.5, 0.6) is 0 Å². The number of anilines is 1. The van der Waals surface area contributed by atoms with Gasteiger partial charge < -0.3 is 4.90 Å². The lowest BCUT2D eigenvalue weighted by molar-refractivity contribution is 0.699. The normalized spacial score (nSPS) is 15.2. The summed E-state index contributed by atoms with van der Waals surface area (Å²) in [6.07, 6.45) is 4.66. The molecule has 0 radical (unpaired) electrons. The highest BCUT2D eigenvalue weighted by atomic mass is 35.5. The number of nitrogens with zero attached hydrogens (tertiary/aromatic N) is 4. The summed E-state index contributed by atoms with van der Waals surface area (Å²) in [7, 11) is 0. The number of hydrogen-bond acceptors (Lipinski definition) is 4. The predicted octanol–water partition coefficient (Wildman–Crippen LogP) is 2.95. The summed E-state index contributed by atoms with van der Waals surface area (Å²) in [5.74, 6) is 0.678. The van der Waals surface area contributed by atoms with Crippen LogP contribution in [0.1, 0.15) is 32.6 Å². The van der Waals surface area contributed by atoms with Crippen molar-refractivity contribution in [1.82, 2.24) is 15.2 Å². The summed E-state index contributed by atoms with van der Waals surface area (Å²) < 4.78 is 0. The first kappa shape index (κ1) is 11.9. The minimum absolute atomic E-state index is 0.154. The Morgan fingerprint density at radius 2 is 2.06 bits per heavy atom. The molecule has 0 N–H and O–H groups in total. The van der Waals surface area contributed by atoms with Crippen molar-refractivity contribution in [3.8, 4) is 0 Å². The smallest absolute Gasteiger partial charge is 0.245 e. The fourth-order valence-corrected chi connectivity index (χ4v) is 1.95. The van der Waals surface area contributed by atoms with Crippen molar-refractivity contribution in [3.63, 3.8) is 0 Å². The highest BCUT2D eigenvalue weighted by Gasteiger charge is 2.31. The summed E-state index contributed by atoms with van der Waals surface area (Å²) in [4.78, 5) is 6.37. The third-order valence-electron chi connectivity index (χ3n) is 2.62. The summed E-state index contributed by atoms with van der Waals surface area (Å²) >= 11 is 11.8. The van der Waals surface area contributed by atoms with E-state index < -0.39 is 0 Å². The van der Waals surface area contributed by atoms with Gasteiger partial charge in [-0.2, -0.15) is 4.98 Å². The van der Waals surface area contributed by atoms with Crippen molar-refractivity contribution in [2.75, 3.05) is 11.4 Å². The number of halogens is 2. The van der Waals surface area contributed by atoms with E-state index in [1.165, 1.54) is 12.8 Å². The molecule has 1 saturated carbocycles. The van der Waals surface area contributed by atoms with E-state index in [2.05, 4.69) is 27.0 Å². The van der Waals surface area contributed by atoms with Crippen LogP contribution in [0.4, 0.5) is 5.82 Å². The van der Waals surface area contributed by atoms with Gasteiger partial charge in [-0.15, -0.1) is 10.2 Å². The highest BCUT2D eigenvalue weighted by Crippen LogP contribution is 2.33. The summed E-state index contributed by atoms with van der Waals surface area (Å²) in [6, 6.07) is 0.553. The molecule has 0 saturated heterocycles. The van der Waals surface area contributed by atoms with Crippen LogP contribution in [0, 0.1) is 0 Å². The second kappa shape index (κ2) is 5.15. The average Bonchev–Trinajstić information content (AvgIpc) is 3.08. The standard InChI is InChI=1S/C10H14Cl2N4/c1-2-3-6-16(7-4-5-7)9-8(11)14-15-10(12)13-9/h7H,2-6H2,1H3. The number of aromatic nitrogens is 3. The lowest BCUT2D eigenvalue weighted by atomic mass is 10.3. The first-order chi connectivity index (χ1) is 7.72. The Balaban J connectivity index is 2.19. The van der Waals surface area contributed by atoms with Gasteiger partial charge in [0, 0.05) is 12.6 Å². The average molecular weight is 261 g/mol. The molecular formula is C10H14Cl2N4. The Bertz CT molecular complexity index is 368. The molecule has 16 heavy (non-hydrogen) atoms. The number of hydrogen-bond donors (Lipinski definition) is 0. The number of unbranched alkanes of at least 4 members (excludes halogenated alkanes) is 1. The van der Waals surface area contributed by atoms with Gasteiger partial charge in [0.15, 0.2) is 11.0 Å². The maximum absolute atomic E-state index is 6.01. The third kappa shape index (κ3) is 2.74. The molecule has 0 bridgehead atoms. The Hall–Kier alpha value is -0.610. The Kier molecular flexibility index (Phi) is 3.82. The van der Waals surface area contributed by atoms with Crippen LogP contribution in [0.25, 0.3) is 0 Å². The fourth-order valence-electron chi connectivity index (χ4n) is 1.64. The van der Waals surface area contributed by atoms with Gasteiger partial charge in [-0.05, 0) is 30.9 Å². The third-order valence-corrected chi connectivity index (χ3v) is 3.02. The molecule has 0 spiro atoms. The second-order valence-corrected chi connectivity index (χ2v) is 4.67. The van der Waals surface area contributed by atoms with Crippen molar-refractivity contribution >= 4 is 29.0 Å². The molecule has 0 unspecified atom stereocenters. The van der Waals surface area contributed by atoms with Crippen LogP contribution in [-0.4, -0.2) is 27.8 Å². The van der Waals surface area contributed by atoms with E-state index in [-0.39, 0.29) is 5.28 Å². The minimum Gasteiger partial charge on any atom is -0.351 e. The van der Waals surface area contributed by atoms with E-state index in [1.54, 1.807) is 0 Å². The molecule has 4 nitrogen and oxygen atoms in total. The molecule has 0 atom stereocenters. The summed E-state index contributed by atoms with van der Waals surface area (Å²) in [5.41, 5.74) is 0. The van der Waals surface area contributed by atoms with E-state index >= 15 is 0 Å². The zero-order valence-electron chi connectivity index (χ0n) is 9.16. The van der Waals surface area contributed by atoms with Crippen LogP contribution in [0.3, 0.4) is 0 Å². The largest absolute Gasteiger partial charge is 0.351 e. The molecule has 0 aliphatic heterocycles. The van der Waals surface area contributed by atoms with Gasteiger partial charge in [0.05, 0.1) is 0 Å².